The molecule has 0 bridgehead atoms. The van der Waals surface area contributed by atoms with Crippen LogP contribution in [0.5, 0.6) is 0 Å². The van der Waals surface area contributed by atoms with Crippen LogP contribution in [0.3, 0.4) is 0 Å². The van der Waals surface area contributed by atoms with Gasteiger partial charge in [-0.25, -0.2) is 0 Å². The Morgan fingerprint density at radius 2 is 2.56 bits per heavy atom. The summed E-state index contributed by atoms with van der Waals surface area (Å²) in [6, 6.07) is 0. The minimum atomic E-state index is 0.307. The highest BCUT2D eigenvalue weighted by Crippen LogP contribution is 2.07. The maximum absolute atomic E-state index is 5.25. The van der Waals surface area contributed by atoms with Crippen LogP contribution >= 0.6 is 0 Å². The molecule has 2 nitrogen and oxygen atoms in total. The summed E-state index contributed by atoms with van der Waals surface area (Å²) in [5.41, 5.74) is 0. The summed E-state index contributed by atoms with van der Waals surface area (Å²) in [6.07, 6.45) is 4.95. The van der Waals surface area contributed by atoms with Crippen molar-refractivity contribution in [2.75, 3.05) is 13.2 Å². The number of ether oxygens (including phenoxy) is 2. The second-order valence-corrected chi connectivity index (χ2v) is 2.09. The fourth-order valence-electron chi connectivity index (χ4n) is 0.810. The number of hydrogen-bond acceptors (Lipinski definition) is 2. The Balaban J connectivity index is 2.11. The predicted molar refractivity (Wildman–Crippen MR) is 35.1 cm³/mol. The third kappa shape index (κ3) is 2.06. The van der Waals surface area contributed by atoms with E-state index in [0.29, 0.717) is 6.10 Å². The molecule has 0 aromatic carbocycles. The maximum Gasteiger partial charge on any atom is 0.123 e. The van der Waals surface area contributed by atoms with Gasteiger partial charge in [-0.05, 0) is 6.92 Å². The van der Waals surface area contributed by atoms with E-state index in [0.717, 1.165) is 19.6 Å². The lowest BCUT2D eigenvalue weighted by Gasteiger charge is -2.04. The van der Waals surface area contributed by atoms with Crippen LogP contribution in [0.15, 0.2) is 12.3 Å². The average molecular weight is 128 g/mol. The van der Waals surface area contributed by atoms with Crippen LogP contribution in [-0.2, 0) is 9.47 Å². The van der Waals surface area contributed by atoms with Crippen molar-refractivity contribution in [1.29, 1.82) is 0 Å². The van der Waals surface area contributed by atoms with Crippen molar-refractivity contribution in [2.24, 2.45) is 0 Å². The van der Waals surface area contributed by atoms with Crippen molar-refractivity contribution in [3.63, 3.8) is 0 Å². The fourth-order valence-corrected chi connectivity index (χ4v) is 0.810. The molecule has 0 aromatic rings. The summed E-state index contributed by atoms with van der Waals surface area (Å²) >= 11 is 0. The Kier molecular flexibility index (Phi) is 2.58. The van der Waals surface area contributed by atoms with Gasteiger partial charge in [-0.15, -0.1) is 0 Å². The molecule has 1 atom stereocenters. The SMILES string of the molecule is C/C=C/OC1CCOC1. The summed E-state index contributed by atoms with van der Waals surface area (Å²) in [7, 11) is 0. The monoisotopic (exact) mass is 128 g/mol. The second-order valence-electron chi connectivity index (χ2n) is 2.09. The third-order valence-corrected chi connectivity index (χ3v) is 1.30. The first-order valence-electron chi connectivity index (χ1n) is 3.28. The molecule has 0 saturated carbocycles. The van der Waals surface area contributed by atoms with E-state index in [4.69, 9.17) is 9.47 Å². The van der Waals surface area contributed by atoms with E-state index in [1.54, 1.807) is 6.26 Å². The first-order valence-corrected chi connectivity index (χ1v) is 3.28. The van der Waals surface area contributed by atoms with Crippen LogP contribution in [0.2, 0.25) is 0 Å². The number of hydrogen-bond donors (Lipinski definition) is 0. The molecule has 1 fully saturated rings. The van der Waals surface area contributed by atoms with E-state index in [1.165, 1.54) is 0 Å². The quantitative estimate of drug-likeness (QED) is 0.522. The van der Waals surface area contributed by atoms with Gasteiger partial charge in [-0.1, -0.05) is 6.08 Å². The van der Waals surface area contributed by atoms with Gasteiger partial charge in [0.25, 0.3) is 0 Å². The molecule has 0 spiro atoms. The lowest BCUT2D eigenvalue weighted by atomic mass is 10.3. The first kappa shape index (κ1) is 6.62. The van der Waals surface area contributed by atoms with Crippen molar-refractivity contribution in [3.8, 4) is 0 Å². The molecule has 0 aromatic heterocycles. The fraction of sp³-hybridized carbons (Fsp3) is 0.714. The van der Waals surface area contributed by atoms with Crippen molar-refractivity contribution in [3.05, 3.63) is 12.3 Å². The van der Waals surface area contributed by atoms with Gasteiger partial charge < -0.3 is 9.47 Å². The molecule has 1 heterocycles. The highest BCUT2D eigenvalue weighted by molar-refractivity contribution is 4.71. The Hall–Kier alpha value is -0.500. The summed E-state index contributed by atoms with van der Waals surface area (Å²) in [6.45, 7) is 3.54. The predicted octanol–water partition coefficient (Wildman–Crippen LogP) is 1.33. The Labute approximate surface area is 55.5 Å². The van der Waals surface area contributed by atoms with E-state index in [2.05, 4.69) is 0 Å². The van der Waals surface area contributed by atoms with Gasteiger partial charge in [0, 0.05) is 6.42 Å². The van der Waals surface area contributed by atoms with Crippen LogP contribution in [-0.4, -0.2) is 19.3 Å². The lowest BCUT2D eigenvalue weighted by molar-refractivity contribution is 0.110. The zero-order chi connectivity index (χ0) is 6.53. The third-order valence-electron chi connectivity index (χ3n) is 1.30. The molecule has 0 N–H and O–H groups in total. The minimum Gasteiger partial charge on any atom is -0.496 e. The summed E-state index contributed by atoms with van der Waals surface area (Å²) in [5.74, 6) is 0. The van der Waals surface area contributed by atoms with Gasteiger partial charge in [-0.3, -0.25) is 0 Å². The van der Waals surface area contributed by atoms with Crippen LogP contribution in [0.1, 0.15) is 13.3 Å². The molecule has 2 heteroatoms. The molecule has 0 radical (unpaired) electrons. The maximum atomic E-state index is 5.25. The normalized spacial score (nSPS) is 27.4. The highest BCUT2D eigenvalue weighted by atomic mass is 16.5. The zero-order valence-corrected chi connectivity index (χ0v) is 5.67. The van der Waals surface area contributed by atoms with Gasteiger partial charge in [0.15, 0.2) is 0 Å². The van der Waals surface area contributed by atoms with Crippen molar-refractivity contribution < 1.29 is 9.47 Å². The van der Waals surface area contributed by atoms with E-state index in [1.807, 2.05) is 13.0 Å². The van der Waals surface area contributed by atoms with Crippen molar-refractivity contribution >= 4 is 0 Å². The molecule has 1 aliphatic rings. The van der Waals surface area contributed by atoms with Crippen LogP contribution < -0.4 is 0 Å². The Bertz CT molecular complexity index is 93.1. The van der Waals surface area contributed by atoms with Gasteiger partial charge >= 0.3 is 0 Å². The van der Waals surface area contributed by atoms with E-state index in [-0.39, 0.29) is 0 Å². The van der Waals surface area contributed by atoms with Gasteiger partial charge in [0.05, 0.1) is 19.5 Å². The summed E-state index contributed by atoms with van der Waals surface area (Å²) in [4.78, 5) is 0. The highest BCUT2D eigenvalue weighted by Gasteiger charge is 2.14. The second kappa shape index (κ2) is 3.51. The van der Waals surface area contributed by atoms with E-state index >= 15 is 0 Å². The molecular weight excluding hydrogens is 116 g/mol. The molecule has 9 heavy (non-hydrogen) atoms. The van der Waals surface area contributed by atoms with E-state index in [9.17, 15) is 0 Å². The molecule has 0 amide bonds. The van der Waals surface area contributed by atoms with Crippen LogP contribution in [0.4, 0.5) is 0 Å². The average Bonchev–Trinajstić information content (AvgIpc) is 2.34. The van der Waals surface area contributed by atoms with Crippen LogP contribution in [0, 0.1) is 0 Å². The smallest absolute Gasteiger partial charge is 0.123 e. The summed E-state index contributed by atoms with van der Waals surface area (Å²) in [5, 5.41) is 0. The standard InChI is InChI=1S/C7H12O2/c1-2-4-9-7-3-5-8-6-7/h2,4,7H,3,5-6H2,1H3/b4-2+. The molecule has 0 aliphatic carbocycles. The zero-order valence-electron chi connectivity index (χ0n) is 5.67. The molecule has 52 valence electrons. The topological polar surface area (TPSA) is 18.5 Å². The van der Waals surface area contributed by atoms with Gasteiger partial charge in [0.2, 0.25) is 0 Å². The Morgan fingerprint density at radius 3 is 3.11 bits per heavy atom. The number of rotatable bonds is 2. The molecule has 1 aliphatic heterocycles. The molecule has 1 unspecified atom stereocenters. The molecule has 1 rings (SSSR count). The largest absolute Gasteiger partial charge is 0.496 e. The van der Waals surface area contributed by atoms with Gasteiger partial charge in [0.1, 0.15) is 6.10 Å². The molecular formula is C7H12O2. The van der Waals surface area contributed by atoms with Crippen molar-refractivity contribution in [1.82, 2.24) is 0 Å². The van der Waals surface area contributed by atoms with E-state index < -0.39 is 0 Å². The summed E-state index contributed by atoms with van der Waals surface area (Å²) < 4.78 is 10.3. The molecule has 1 saturated heterocycles. The minimum absolute atomic E-state index is 0.307. The van der Waals surface area contributed by atoms with Crippen molar-refractivity contribution in [2.45, 2.75) is 19.4 Å². The number of allylic oxidation sites excluding steroid dienone is 1. The van der Waals surface area contributed by atoms with Gasteiger partial charge in [-0.2, -0.15) is 0 Å². The Morgan fingerprint density at radius 1 is 1.67 bits per heavy atom. The van der Waals surface area contributed by atoms with Crippen LogP contribution in [0.25, 0.3) is 0 Å². The first-order chi connectivity index (χ1) is 4.43. The lowest BCUT2D eigenvalue weighted by Crippen LogP contribution is -2.07.